The molecule has 0 bridgehead atoms. The van der Waals surface area contributed by atoms with E-state index in [2.05, 4.69) is 23.9 Å². The van der Waals surface area contributed by atoms with Crippen LogP contribution in [0.25, 0.3) is 0 Å². The van der Waals surface area contributed by atoms with Gasteiger partial charge < -0.3 is 14.8 Å². The van der Waals surface area contributed by atoms with Gasteiger partial charge in [0.2, 0.25) is 0 Å². The zero-order chi connectivity index (χ0) is 14.5. The fraction of sp³-hybridized carbons (Fsp3) is 0.600. The SMILES string of the molecule is CC(NC(C)C1CCOC1)c1ccc(OC(F)F)cc1. The number of benzene rings is 1. The van der Waals surface area contributed by atoms with Gasteiger partial charge in [-0.1, -0.05) is 12.1 Å². The molecule has 0 aromatic heterocycles. The molecule has 1 N–H and O–H groups in total. The van der Waals surface area contributed by atoms with Gasteiger partial charge in [0.1, 0.15) is 5.75 Å². The third kappa shape index (κ3) is 4.15. The Balaban J connectivity index is 1.89. The highest BCUT2D eigenvalue weighted by molar-refractivity contribution is 5.29. The molecule has 1 aromatic carbocycles. The molecule has 3 nitrogen and oxygen atoms in total. The minimum atomic E-state index is -2.78. The van der Waals surface area contributed by atoms with Crippen LogP contribution in [0, 0.1) is 5.92 Å². The van der Waals surface area contributed by atoms with E-state index in [0.29, 0.717) is 12.0 Å². The van der Waals surface area contributed by atoms with Gasteiger partial charge in [-0.15, -0.1) is 0 Å². The summed E-state index contributed by atoms with van der Waals surface area (Å²) >= 11 is 0. The molecule has 112 valence electrons. The standard InChI is InChI=1S/C15H21F2NO2/c1-10(18-11(2)13-7-8-19-9-13)12-3-5-14(6-4-12)20-15(16)17/h3-6,10-11,13,15,18H,7-9H2,1-2H3. The molecule has 1 heterocycles. The van der Waals surface area contributed by atoms with E-state index in [1.807, 2.05) is 12.1 Å². The lowest BCUT2D eigenvalue weighted by atomic mass is 9.98. The maximum Gasteiger partial charge on any atom is 0.387 e. The quantitative estimate of drug-likeness (QED) is 0.869. The number of hydrogen-bond donors (Lipinski definition) is 1. The van der Waals surface area contributed by atoms with Gasteiger partial charge in [-0.05, 0) is 43.9 Å². The number of nitrogens with one attached hydrogen (secondary N) is 1. The van der Waals surface area contributed by atoms with Crippen molar-refractivity contribution in [3.05, 3.63) is 29.8 Å². The molecule has 2 rings (SSSR count). The normalized spacial score (nSPS) is 21.9. The molecule has 0 amide bonds. The molecule has 0 saturated carbocycles. The van der Waals surface area contributed by atoms with Crippen molar-refractivity contribution >= 4 is 0 Å². The van der Waals surface area contributed by atoms with Gasteiger partial charge in [0.15, 0.2) is 0 Å². The summed E-state index contributed by atoms with van der Waals surface area (Å²) in [4.78, 5) is 0. The number of ether oxygens (including phenoxy) is 2. The van der Waals surface area contributed by atoms with Gasteiger partial charge in [0.05, 0.1) is 6.61 Å². The van der Waals surface area contributed by atoms with Gasteiger partial charge in [0.25, 0.3) is 0 Å². The fourth-order valence-corrected chi connectivity index (χ4v) is 2.51. The molecular weight excluding hydrogens is 264 g/mol. The Bertz CT molecular complexity index is 405. The predicted octanol–water partition coefficient (Wildman–Crippen LogP) is 3.36. The minimum absolute atomic E-state index is 0.159. The van der Waals surface area contributed by atoms with E-state index in [0.717, 1.165) is 25.2 Å². The molecule has 1 aliphatic heterocycles. The summed E-state index contributed by atoms with van der Waals surface area (Å²) in [7, 11) is 0. The Labute approximate surface area is 118 Å². The van der Waals surface area contributed by atoms with Crippen molar-refractivity contribution in [1.82, 2.24) is 5.32 Å². The van der Waals surface area contributed by atoms with Gasteiger partial charge >= 0.3 is 6.61 Å². The average Bonchev–Trinajstić information content (AvgIpc) is 2.92. The van der Waals surface area contributed by atoms with Crippen LogP contribution in [0.1, 0.15) is 31.9 Å². The average molecular weight is 285 g/mol. The van der Waals surface area contributed by atoms with E-state index in [-0.39, 0.29) is 11.8 Å². The van der Waals surface area contributed by atoms with Crippen LogP contribution >= 0.6 is 0 Å². The van der Waals surface area contributed by atoms with Crippen LogP contribution < -0.4 is 10.1 Å². The van der Waals surface area contributed by atoms with Crippen LogP contribution in [-0.4, -0.2) is 25.9 Å². The molecule has 5 heteroatoms. The summed E-state index contributed by atoms with van der Waals surface area (Å²) in [6.45, 7) is 3.09. The molecule has 0 aliphatic carbocycles. The number of hydrogen-bond acceptors (Lipinski definition) is 3. The van der Waals surface area contributed by atoms with Crippen molar-refractivity contribution in [3.63, 3.8) is 0 Å². The summed E-state index contributed by atoms with van der Waals surface area (Å²) in [5.74, 6) is 0.729. The highest BCUT2D eigenvalue weighted by Crippen LogP contribution is 2.22. The van der Waals surface area contributed by atoms with Crippen LogP contribution in [0.5, 0.6) is 5.75 Å². The summed E-state index contributed by atoms with van der Waals surface area (Å²) in [5, 5.41) is 3.53. The first-order valence-corrected chi connectivity index (χ1v) is 6.95. The van der Waals surface area contributed by atoms with Crippen LogP contribution in [0.15, 0.2) is 24.3 Å². The molecule has 20 heavy (non-hydrogen) atoms. The van der Waals surface area contributed by atoms with Crippen molar-refractivity contribution in [2.45, 2.75) is 39.0 Å². The zero-order valence-corrected chi connectivity index (χ0v) is 11.8. The van der Waals surface area contributed by atoms with Crippen molar-refractivity contribution in [2.24, 2.45) is 5.92 Å². The first-order chi connectivity index (χ1) is 9.56. The first-order valence-electron chi connectivity index (χ1n) is 6.95. The van der Waals surface area contributed by atoms with Gasteiger partial charge in [-0.2, -0.15) is 8.78 Å². The third-order valence-electron chi connectivity index (χ3n) is 3.79. The number of halogens is 2. The van der Waals surface area contributed by atoms with E-state index in [1.165, 1.54) is 0 Å². The Morgan fingerprint density at radius 2 is 1.95 bits per heavy atom. The summed E-state index contributed by atoms with van der Waals surface area (Å²) in [5.41, 5.74) is 1.05. The Morgan fingerprint density at radius 3 is 2.50 bits per heavy atom. The number of alkyl halides is 2. The lowest BCUT2D eigenvalue weighted by Gasteiger charge is -2.24. The molecule has 0 spiro atoms. The second-order valence-corrected chi connectivity index (χ2v) is 5.25. The van der Waals surface area contributed by atoms with E-state index in [9.17, 15) is 8.78 Å². The molecule has 1 aliphatic rings. The maximum atomic E-state index is 12.1. The van der Waals surface area contributed by atoms with Crippen LogP contribution in [-0.2, 0) is 4.74 Å². The largest absolute Gasteiger partial charge is 0.435 e. The van der Waals surface area contributed by atoms with Gasteiger partial charge in [-0.25, -0.2) is 0 Å². The molecule has 1 saturated heterocycles. The van der Waals surface area contributed by atoms with Crippen LogP contribution in [0.2, 0.25) is 0 Å². The highest BCUT2D eigenvalue weighted by atomic mass is 19.3. The second-order valence-electron chi connectivity index (χ2n) is 5.25. The maximum absolute atomic E-state index is 12.1. The third-order valence-corrected chi connectivity index (χ3v) is 3.79. The summed E-state index contributed by atoms with van der Waals surface area (Å²) in [6, 6.07) is 7.29. The summed E-state index contributed by atoms with van der Waals surface area (Å²) in [6.07, 6.45) is 1.09. The Kier molecular flexibility index (Phi) is 5.31. The van der Waals surface area contributed by atoms with E-state index in [4.69, 9.17) is 4.74 Å². The lowest BCUT2D eigenvalue weighted by Crippen LogP contribution is -2.35. The smallest absolute Gasteiger partial charge is 0.387 e. The van der Waals surface area contributed by atoms with Crippen molar-refractivity contribution in [2.75, 3.05) is 13.2 Å². The molecule has 3 unspecified atom stereocenters. The zero-order valence-electron chi connectivity index (χ0n) is 11.8. The lowest BCUT2D eigenvalue weighted by molar-refractivity contribution is -0.0498. The summed E-state index contributed by atoms with van der Waals surface area (Å²) < 4.78 is 33.9. The first kappa shape index (κ1) is 15.2. The minimum Gasteiger partial charge on any atom is -0.435 e. The van der Waals surface area contributed by atoms with E-state index >= 15 is 0 Å². The predicted molar refractivity (Wildman–Crippen MR) is 73.0 cm³/mol. The van der Waals surface area contributed by atoms with Crippen molar-refractivity contribution in [1.29, 1.82) is 0 Å². The highest BCUT2D eigenvalue weighted by Gasteiger charge is 2.23. The molecular formula is C15H21F2NO2. The Hall–Kier alpha value is -1.20. The molecule has 0 radical (unpaired) electrons. The molecule has 1 fully saturated rings. The van der Waals surface area contributed by atoms with Crippen LogP contribution in [0.3, 0.4) is 0 Å². The fourth-order valence-electron chi connectivity index (χ4n) is 2.51. The molecule has 3 atom stereocenters. The van der Waals surface area contributed by atoms with Crippen molar-refractivity contribution < 1.29 is 18.3 Å². The number of rotatable bonds is 6. The van der Waals surface area contributed by atoms with Crippen LogP contribution in [0.4, 0.5) is 8.78 Å². The van der Waals surface area contributed by atoms with Gasteiger partial charge in [-0.3, -0.25) is 0 Å². The van der Waals surface area contributed by atoms with Gasteiger partial charge in [0, 0.05) is 18.7 Å². The monoisotopic (exact) mass is 285 g/mol. The van der Waals surface area contributed by atoms with E-state index in [1.54, 1.807) is 12.1 Å². The van der Waals surface area contributed by atoms with Crippen molar-refractivity contribution in [3.8, 4) is 5.75 Å². The topological polar surface area (TPSA) is 30.5 Å². The Morgan fingerprint density at radius 1 is 1.25 bits per heavy atom. The molecule has 1 aromatic rings. The second kappa shape index (κ2) is 6.99. The van der Waals surface area contributed by atoms with E-state index < -0.39 is 6.61 Å².